The molecule has 0 spiro atoms. The van der Waals surface area contributed by atoms with Gasteiger partial charge in [-0.05, 0) is 30.5 Å². The van der Waals surface area contributed by atoms with Gasteiger partial charge in [-0.2, -0.15) is 0 Å². The third-order valence-electron chi connectivity index (χ3n) is 3.53. The van der Waals surface area contributed by atoms with Gasteiger partial charge in [0, 0.05) is 24.3 Å². The van der Waals surface area contributed by atoms with Crippen LogP contribution in [0, 0.1) is 6.92 Å². The highest BCUT2D eigenvalue weighted by Gasteiger charge is 2.26. The lowest BCUT2D eigenvalue weighted by atomic mass is 9.98. The van der Waals surface area contributed by atoms with E-state index in [2.05, 4.69) is 5.16 Å². The zero-order chi connectivity index (χ0) is 13.4. The molecule has 1 amide bonds. The van der Waals surface area contributed by atoms with Crippen molar-refractivity contribution in [1.29, 1.82) is 0 Å². The Morgan fingerprint density at radius 1 is 1.47 bits per heavy atom. The number of amides is 1. The number of aromatic nitrogens is 1. The number of nitrogens with two attached hydrogens (primary N) is 1. The second-order valence-corrected chi connectivity index (χ2v) is 4.80. The maximum atomic E-state index is 12.3. The molecule has 3 rings (SSSR count). The average molecular weight is 257 g/mol. The smallest absolute Gasteiger partial charge is 0.293 e. The molecule has 19 heavy (non-hydrogen) atoms. The van der Waals surface area contributed by atoms with Gasteiger partial charge in [0.1, 0.15) is 0 Å². The van der Waals surface area contributed by atoms with E-state index in [0.717, 1.165) is 28.8 Å². The fourth-order valence-corrected chi connectivity index (χ4v) is 2.45. The molecule has 98 valence electrons. The number of hydrogen-bond acceptors (Lipinski definition) is 4. The van der Waals surface area contributed by atoms with Crippen LogP contribution in [0.4, 0.5) is 5.69 Å². The predicted molar refractivity (Wildman–Crippen MR) is 70.5 cm³/mol. The Labute approximate surface area is 111 Å². The highest BCUT2D eigenvalue weighted by molar-refractivity contribution is 5.92. The average Bonchev–Trinajstić information content (AvgIpc) is 2.84. The van der Waals surface area contributed by atoms with Gasteiger partial charge in [0.15, 0.2) is 0 Å². The molecule has 0 unspecified atom stereocenters. The number of aryl methyl sites for hydroxylation is 1. The van der Waals surface area contributed by atoms with E-state index >= 15 is 0 Å². The summed E-state index contributed by atoms with van der Waals surface area (Å²) in [4.78, 5) is 14.1. The lowest BCUT2D eigenvalue weighted by molar-refractivity contribution is 0.0691. The van der Waals surface area contributed by atoms with Crippen LogP contribution in [0.2, 0.25) is 0 Å². The zero-order valence-corrected chi connectivity index (χ0v) is 10.7. The standard InChI is InChI=1S/C14H15N3O2/c1-9-7-16-19-13(9)14(18)17-6-5-11-10(8-17)3-2-4-12(11)15/h2-4,7H,5-6,8,15H2,1H3. The molecule has 0 fully saturated rings. The first kappa shape index (κ1) is 11.8. The molecule has 5 heteroatoms. The maximum absolute atomic E-state index is 12.3. The molecule has 2 aromatic rings. The molecule has 2 heterocycles. The molecule has 1 aliphatic heterocycles. The SMILES string of the molecule is Cc1cnoc1C(=O)N1CCc2c(N)cccc2C1. The summed E-state index contributed by atoms with van der Waals surface area (Å²) in [5.41, 5.74) is 9.78. The minimum atomic E-state index is -0.108. The van der Waals surface area contributed by atoms with E-state index in [4.69, 9.17) is 10.3 Å². The Kier molecular flexibility index (Phi) is 2.74. The van der Waals surface area contributed by atoms with Gasteiger partial charge in [0.05, 0.1) is 6.20 Å². The second-order valence-electron chi connectivity index (χ2n) is 4.80. The van der Waals surface area contributed by atoms with Crippen LogP contribution in [0.15, 0.2) is 28.9 Å². The molecule has 0 saturated heterocycles. The first-order valence-electron chi connectivity index (χ1n) is 6.23. The normalized spacial score (nSPS) is 14.3. The molecule has 2 N–H and O–H groups in total. The summed E-state index contributed by atoms with van der Waals surface area (Å²) >= 11 is 0. The van der Waals surface area contributed by atoms with Crippen LogP contribution in [0.1, 0.15) is 27.2 Å². The zero-order valence-electron chi connectivity index (χ0n) is 10.7. The van der Waals surface area contributed by atoms with Gasteiger partial charge in [-0.25, -0.2) is 0 Å². The molecular formula is C14H15N3O2. The Bertz CT molecular complexity index is 633. The third-order valence-corrected chi connectivity index (χ3v) is 3.53. The summed E-state index contributed by atoms with van der Waals surface area (Å²) in [5.74, 6) is 0.218. The van der Waals surface area contributed by atoms with E-state index in [9.17, 15) is 4.79 Å². The predicted octanol–water partition coefficient (Wildman–Crippen LogP) is 1.76. The van der Waals surface area contributed by atoms with E-state index in [1.807, 2.05) is 25.1 Å². The van der Waals surface area contributed by atoms with Crippen LogP contribution in [0.3, 0.4) is 0 Å². The molecule has 0 bridgehead atoms. The third kappa shape index (κ3) is 1.97. The Hall–Kier alpha value is -2.30. The van der Waals surface area contributed by atoms with Crippen molar-refractivity contribution < 1.29 is 9.32 Å². The van der Waals surface area contributed by atoms with Crippen molar-refractivity contribution in [2.24, 2.45) is 0 Å². The van der Waals surface area contributed by atoms with Crippen LogP contribution < -0.4 is 5.73 Å². The highest BCUT2D eigenvalue weighted by atomic mass is 16.5. The molecule has 0 aliphatic carbocycles. The topological polar surface area (TPSA) is 72.4 Å². The van der Waals surface area contributed by atoms with Gasteiger partial charge < -0.3 is 15.2 Å². The summed E-state index contributed by atoms with van der Waals surface area (Å²) in [7, 11) is 0. The number of hydrogen-bond donors (Lipinski definition) is 1. The summed E-state index contributed by atoms with van der Waals surface area (Å²) in [5, 5.41) is 3.65. The summed E-state index contributed by atoms with van der Waals surface area (Å²) in [6, 6.07) is 5.83. The van der Waals surface area contributed by atoms with E-state index in [-0.39, 0.29) is 5.91 Å². The van der Waals surface area contributed by atoms with Crippen LogP contribution >= 0.6 is 0 Å². The second kappa shape index (κ2) is 4.42. The highest BCUT2D eigenvalue weighted by Crippen LogP contribution is 2.25. The molecule has 1 aliphatic rings. The van der Waals surface area contributed by atoms with Gasteiger partial charge in [0.2, 0.25) is 5.76 Å². The van der Waals surface area contributed by atoms with Crippen LogP contribution in [-0.2, 0) is 13.0 Å². The van der Waals surface area contributed by atoms with Gasteiger partial charge in [0.25, 0.3) is 5.91 Å². The van der Waals surface area contributed by atoms with Gasteiger partial charge in [-0.3, -0.25) is 4.79 Å². The quantitative estimate of drug-likeness (QED) is 0.790. The number of nitrogen functional groups attached to an aromatic ring is 1. The van der Waals surface area contributed by atoms with E-state index < -0.39 is 0 Å². The molecule has 0 saturated carbocycles. The largest absolute Gasteiger partial charge is 0.398 e. The summed E-state index contributed by atoms with van der Waals surface area (Å²) < 4.78 is 5.03. The van der Waals surface area contributed by atoms with Gasteiger partial charge in [-0.1, -0.05) is 17.3 Å². The number of rotatable bonds is 1. The molecule has 1 aromatic carbocycles. The van der Waals surface area contributed by atoms with Gasteiger partial charge in [-0.15, -0.1) is 0 Å². The first-order chi connectivity index (χ1) is 9.16. The fourth-order valence-electron chi connectivity index (χ4n) is 2.45. The monoisotopic (exact) mass is 257 g/mol. The van der Waals surface area contributed by atoms with E-state index in [0.29, 0.717) is 18.8 Å². The number of carbonyl (C=O) groups is 1. The van der Waals surface area contributed by atoms with Crippen LogP contribution in [0.25, 0.3) is 0 Å². The van der Waals surface area contributed by atoms with E-state index in [1.54, 1.807) is 11.1 Å². The van der Waals surface area contributed by atoms with Crippen LogP contribution in [0.5, 0.6) is 0 Å². The van der Waals surface area contributed by atoms with Crippen molar-refractivity contribution in [2.75, 3.05) is 12.3 Å². The van der Waals surface area contributed by atoms with Crippen molar-refractivity contribution in [1.82, 2.24) is 10.1 Å². The van der Waals surface area contributed by atoms with E-state index in [1.165, 1.54) is 0 Å². The van der Waals surface area contributed by atoms with Crippen molar-refractivity contribution in [3.63, 3.8) is 0 Å². The number of fused-ring (bicyclic) bond motifs is 1. The van der Waals surface area contributed by atoms with Crippen molar-refractivity contribution in [2.45, 2.75) is 19.9 Å². The number of benzene rings is 1. The van der Waals surface area contributed by atoms with Gasteiger partial charge >= 0.3 is 0 Å². The number of anilines is 1. The minimum Gasteiger partial charge on any atom is -0.398 e. The molecular weight excluding hydrogens is 242 g/mol. The molecule has 0 radical (unpaired) electrons. The van der Waals surface area contributed by atoms with Crippen molar-refractivity contribution >= 4 is 11.6 Å². The lowest BCUT2D eigenvalue weighted by Gasteiger charge is -2.28. The molecule has 1 aromatic heterocycles. The lowest BCUT2D eigenvalue weighted by Crippen LogP contribution is -2.36. The summed E-state index contributed by atoms with van der Waals surface area (Å²) in [6.07, 6.45) is 2.34. The van der Waals surface area contributed by atoms with Crippen molar-refractivity contribution in [3.05, 3.63) is 46.8 Å². The maximum Gasteiger partial charge on any atom is 0.293 e. The fraction of sp³-hybridized carbons (Fsp3) is 0.286. The minimum absolute atomic E-state index is 0.108. The number of carbonyl (C=O) groups excluding carboxylic acids is 1. The molecule has 5 nitrogen and oxygen atoms in total. The number of nitrogens with zero attached hydrogens (tertiary/aromatic N) is 2. The Morgan fingerprint density at radius 2 is 2.32 bits per heavy atom. The van der Waals surface area contributed by atoms with Crippen LogP contribution in [-0.4, -0.2) is 22.5 Å². The Morgan fingerprint density at radius 3 is 3.05 bits per heavy atom. The van der Waals surface area contributed by atoms with Crippen molar-refractivity contribution in [3.8, 4) is 0 Å². The Balaban J connectivity index is 1.87. The first-order valence-corrected chi connectivity index (χ1v) is 6.23. The summed E-state index contributed by atoms with van der Waals surface area (Å²) in [6.45, 7) is 3.04. The molecule has 0 atom stereocenters.